The number of alkyl halides is 3. The minimum absolute atomic E-state index is 0.119. The number of thiazole rings is 1. The molecule has 0 aliphatic heterocycles. The molecule has 2 nitrogen and oxygen atoms in total. The summed E-state index contributed by atoms with van der Waals surface area (Å²) in [5.41, 5.74) is 0.665. The van der Waals surface area contributed by atoms with Gasteiger partial charge in [0.2, 0.25) is 0 Å². The molecule has 6 heteroatoms. The normalized spacial score (nSPS) is 11.9. The van der Waals surface area contributed by atoms with Crippen LogP contribution in [-0.2, 0) is 6.18 Å². The first-order valence-electron chi connectivity index (χ1n) is 4.29. The van der Waals surface area contributed by atoms with Crippen molar-refractivity contribution in [2.75, 3.05) is 0 Å². The average Bonchev–Trinajstić information content (AvgIpc) is 2.48. The lowest BCUT2D eigenvalue weighted by atomic mass is 10.3. The van der Waals surface area contributed by atoms with Crippen LogP contribution in [0.1, 0.15) is 24.5 Å². The topological polar surface area (TPSA) is 24.9 Å². The highest BCUT2D eigenvalue weighted by molar-refractivity contribution is 7.09. The van der Waals surface area contributed by atoms with Crippen LogP contribution < -0.4 is 5.32 Å². The van der Waals surface area contributed by atoms with Crippen molar-refractivity contribution in [1.82, 2.24) is 10.3 Å². The van der Waals surface area contributed by atoms with Gasteiger partial charge < -0.3 is 5.32 Å². The molecule has 0 saturated heterocycles. The second-order valence-electron chi connectivity index (χ2n) is 3.31. The summed E-state index contributed by atoms with van der Waals surface area (Å²) in [6.07, 6.45) is -4.37. The molecule has 15 heavy (non-hydrogen) atoms. The van der Waals surface area contributed by atoms with E-state index >= 15 is 0 Å². The van der Waals surface area contributed by atoms with Crippen LogP contribution in [0.15, 0.2) is 12.0 Å². The molecule has 1 heterocycles. The van der Waals surface area contributed by atoms with Crippen molar-refractivity contribution < 1.29 is 13.2 Å². The SMILES string of the molecule is C=C(NC(C)C)c1csc(C(F)(F)F)n1. The summed E-state index contributed by atoms with van der Waals surface area (Å²) < 4.78 is 36.7. The number of aromatic nitrogens is 1. The minimum atomic E-state index is -4.37. The van der Waals surface area contributed by atoms with Crippen LogP contribution in [0.25, 0.3) is 5.70 Å². The number of nitrogens with zero attached hydrogens (tertiary/aromatic N) is 1. The van der Waals surface area contributed by atoms with Crippen LogP contribution in [-0.4, -0.2) is 11.0 Å². The lowest BCUT2D eigenvalue weighted by Gasteiger charge is -2.10. The molecule has 0 fully saturated rings. The van der Waals surface area contributed by atoms with Crippen molar-refractivity contribution in [3.63, 3.8) is 0 Å². The van der Waals surface area contributed by atoms with Gasteiger partial charge in [-0.3, -0.25) is 0 Å². The highest BCUT2D eigenvalue weighted by Gasteiger charge is 2.34. The molecule has 0 unspecified atom stereocenters. The molecule has 1 rings (SSSR count). The van der Waals surface area contributed by atoms with Gasteiger partial charge in [-0.25, -0.2) is 4.98 Å². The first kappa shape index (κ1) is 12.0. The smallest absolute Gasteiger partial charge is 0.382 e. The molecule has 0 atom stereocenters. The maximum absolute atomic E-state index is 12.2. The summed E-state index contributed by atoms with van der Waals surface area (Å²) in [7, 11) is 0. The average molecular weight is 236 g/mol. The van der Waals surface area contributed by atoms with E-state index in [0.717, 1.165) is 0 Å². The highest BCUT2D eigenvalue weighted by atomic mass is 32.1. The Morgan fingerprint density at radius 3 is 2.53 bits per heavy atom. The van der Waals surface area contributed by atoms with Gasteiger partial charge >= 0.3 is 6.18 Å². The largest absolute Gasteiger partial charge is 0.443 e. The van der Waals surface area contributed by atoms with Gasteiger partial charge in [0.15, 0.2) is 5.01 Å². The predicted octanol–water partition coefficient (Wildman–Crippen LogP) is 3.13. The maximum Gasteiger partial charge on any atom is 0.443 e. The Bertz CT molecular complexity index is 354. The van der Waals surface area contributed by atoms with Crippen molar-refractivity contribution in [2.24, 2.45) is 0 Å². The number of hydrogen-bond acceptors (Lipinski definition) is 3. The number of rotatable bonds is 3. The summed E-state index contributed by atoms with van der Waals surface area (Å²) in [6.45, 7) is 7.38. The van der Waals surface area contributed by atoms with Gasteiger partial charge in [-0.2, -0.15) is 13.2 Å². The van der Waals surface area contributed by atoms with Crippen molar-refractivity contribution in [1.29, 1.82) is 0 Å². The molecule has 0 aliphatic rings. The fourth-order valence-corrected chi connectivity index (χ4v) is 1.67. The van der Waals surface area contributed by atoms with Crippen molar-refractivity contribution in [3.8, 4) is 0 Å². The molecule has 1 aromatic heterocycles. The van der Waals surface area contributed by atoms with E-state index in [2.05, 4.69) is 16.9 Å². The van der Waals surface area contributed by atoms with Gasteiger partial charge in [-0.05, 0) is 13.8 Å². The van der Waals surface area contributed by atoms with Gasteiger partial charge in [-0.15, -0.1) is 11.3 Å². The summed E-state index contributed by atoms with van der Waals surface area (Å²) in [6, 6.07) is 0.119. The Balaban J connectivity index is 2.81. The Morgan fingerprint density at radius 1 is 1.53 bits per heavy atom. The first-order valence-corrected chi connectivity index (χ1v) is 5.17. The van der Waals surface area contributed by atoms with E-state index < -0.39 is 11.2 Å². The fraction of sp³-hybridized carbons (Fsp3) is 0.444. The number of nitrogens with one attached hydrogen (secondary N) is 1. The molecule has 0 aromatic carbocycles. The molecule has 84 valence electrons. The molecule has 0 bridgehead atoms. The van der Waals surface area contributed by atoms with E-state index in [1.54, 1.807) is 0 Å². The van der Waals surface area contributed by atoms with Gasteiger partial charge in [0.05, 0.1) is 11.4 Å². The summed E-state index contributed by atoms with van der Waals surface area (Å²) in [5, 5.41) is 3.41. The molecule has 1 N–H and O–H groups in total. The Kier molecular flexibility index (Phi) is 3.38. The zero-order chi connectivity index (χ0) is 11.6. The molecule has 0 saturated carbocycles. The third-order valence-electron chi connectivity index (χ3n) is 1.52. The number of halogens is 3. The van der Waals surface area contributed by atoms with E-state index in [-0.39, 0.29) is 11.7 Å². The summed E-state index contributed by atoms with van der Waals surface area (Å²) in [4.78, 5) is 3.47. The van der Waals surface area contributed by atoms with E-state index in [4.69, 9.17) is 0 Å². The summed E-state index contributed by atoms with van der Waals surface area (Å²) >= 11 is 0.575. The molecule has 0 amide bonds. The molecule has 0 aliphatic carbocycles. The number of hydrogen-bond donors (Lipinski definition) is 1. The van der Waals surface area contributed by atoms with Crippen molar-refractivity contribution >= 4 is 17.0 Å². The van der Waals surface area contributed by atoms with Gasteiger partial charge in [-0.1, -0.05) is 6.58 Å². The molecular formula is C9H11F3N2S. The van der Waals surface area contributed by atoms with Gasteiger partial charge in [0, 0.05) is 11.4 Å². The fourth-order valence-electron chi connectivity index (χ4n) is 0.965. The second-order valence-corrected chi connectivity index (χ2v) is 4.17. The quantitative estimate of drug-likeness (QED) is 0.872. The van der Waals surface area contributed by atoms with Gasteiger partial charge in [0.1, 0.15) is 0 Å². The molecular weight excluding hydrogens is 225 g/mol. The van der Waals surface area contributed by atoms with Crippen LogP contribution in [0.4, 0.5) is 13.2 Å². The molecule has 0 spiro atoms. The van der Waals surface area contributed by atoms with Crippen molar-refractivity contribution in [3.05, 3.63) is 22.7 Å². The van der Waals surface area contributed by atoms with Crippen LogP contribution in [0.2, 0.25) is 0 Å². The zero-order valence-corrected chi connectivity index (χ0v) is 9.17. The van der Waals surface area contributed by atoms with E-state index in [1.165, 1.54) is 5.38 Å². The van der Waals surface area contributed by atoms with Crippen LogP contribution >= 0.6 is 11.3 Å². The standard InChI is InChI=1S/C9H11F3N2S/c1-5(2)13-6(3)7-4-15-8(14-7)9(10,11)12/h4-5,13H,3H2,1-2H3. The lowest BCUT2D eigenvalue weighted by molar-refractivity contribution is -0.137. The van der Waals surface area contributed by atoms with Crippen molar-refractivity contribution in [2.45, 2.75) is 26.1 Å². The van der Waals surface area contributed by atoms with E-state index in [9.17, 15) is 13.2 Å². The van der Waals surface area contributed by atoms with Gasteiger partial charge in [0.25, 0.3) is 0 Å². The molecule has 1 aromatic rings. The predicted molar refractivity (Wildman–Crippen MR) is 54.4 cm³/mol. The highest BCUT2D eigenvalue weighted by Crippen LogP contribution is 2.32. The summed E-state index contributed by atoms with van der Waals surface area (Å²) in [5.74, 6) is 0. The second kappa shape index (κ2) is 4.22. The monoisotopic (exact) mass is 236 g/mol. The van der Waals surface area contributed by atoms with E-state index in [0.29, 0.717) is 17.0 Å². The van der Waals surface area contributed by atoms with Crippen LogP contribution in [0, 0.1) is 0 Å². The van der Waals surface area contributed by atoms with E-state index in [1.807, 2.05) is 13.8 Å². The Morgan fingerprint density at radius 2 is 2.13 bits per heavy atom. The Hall–Kier alpha value is -1.04. The van der Waals surface area contributed by atoms with Crippen LogP contribution in [0.3, 0.4) is 0 Å². The molecule has 0 radical (unpaired) electrons. The Labute approximate surface area is 89.8 Å². The lowest BCUT2D eigenvalue weighted by Crippen LogP contribution is -2.20. The van der Waals surface area contributed by atoms with Crippen LogP contribution in [0.5, 0.6) is 0 Å². The maximum atomic E-state index is 12.2. The minimum Gasteiger partial charge on any atom is -0.382 e. The zero-order valence-electron chi connectivity index (χ0n) is 8.35. The third-order valence-corrected chi connectivity index (χ3v) is 2.41. The first-order chi connectivity index (χ1) is 6.80. The third kappa shape index (κ3) is 3.23.